The molecule has 1 N–H and O–H groups in total. The van der Waals surface area contributed by atoms with Crippen molar-refractivity contribution in [2.24, 2.45) is 5.92 Å². The van der Waals surface area contributed by atoms with Crippen molar-refractivity contribution in [3.8, 4) is 5.75 Å². The minimum atomic E-state index is -0.567. The number of imide groups is 1. The van der Waals surface area contributed by atoms with Crippen LogP contribution in [-0.4, -0.2) is 60.1 Å². The minimum Gasteiger partial charge on any atom is -0.496 e. The molecule has 7 nitrogen and oxygen atoms in total. The Morgan fingerprint density at radius 1 is 1.35 bits per heavy atom. The van der Waals surface area contributed by atoms with Crippen LogP contribution in [0.15, 0.2) is 35.2 Å². The molecule has 26 heavy (non-hydrogen) atoms. The van der Waals surface area contributed by atoms with Crippen LogP contribution in [0.4, 0.5) is 4.79 Å². The Labute approximate surface area is 155 Å². The van der Waals surface area contributed by atoms with Crippen molar-refractivity contribution in [1.82, 2.24) is 10.2 Å². The molecule has 0 spiro atoms. The van der Waals surface area contributed by atoms with Crippen LogP contribution in [0.1, 0.15) is 5.56 Å². The first-order valence-corrected chi connectivity index (χ1v) is 8.97. The number of methoxy groups -OCH3 is 1. The van der Waals surface area contributed by atoms with Crippen LogP contribution in [0.5, 0.6) is 5.75 Å². The third-order valence-corrected chi connectivity index (χ3v) is 5.67. The van der Waals surface area contributed by atoms with Crippen molar-refractivity contribution in [3.05, 3.63) is 40.8 Å². The number of rotatable bonds is 5. The zero-order valence-electron chi connectivity index (χ0n) is 14.8. The lowest BCUT2D eigenvalue weighted by Gasteiger charge is -2.18. The van der Waals surface area contributed by atoms with Gasteiger partial charge in [0.15, 0.2) is 5.04 Å². The van der Waals surface area contributed by atoms with Gasteiger partial charge in [-0.2, -0.15) is 14.3 Å². The number of benzene rings is 1. The monoisotopic (exact) mass is 374 g/mol. The number of thioether (sulfide) groups is 1. The summed E-state index contributed by atoms with van der Waals surface area (Å²) in [5.41, 5.74) is 1.01. The SMILES string of the molecule is COc1ccccc1CCNC(=O)C1=CC2C(=O)N(C)C(=O)[N+](C)=C2S1. The zero-order valence-corrected chi connectivity index (χ0v) is 15.6. The van der Waals surface area contributed by atoms with E-state index in [1.165, 1.54) is 23.4 Å². The van der Waals surface area contributed by atoms with E-state index in [1.54, 1.807) is 20.2 Å². The Balaban J connectivity index is 1.65. The maximum atomic E-state index is 12.4. The average molecular weight is 374 g/mol. The van der Waals surface area contributed by atoms with E-state index in [0.717, 1.165) is 16.2 Å². The van der Waals surface area contributed by atoms with E-state index in [2.05, 4.69) is 5.32 Å². The summed E-state index contributed by atoms with van der Waals surface area (Å²) < 4.78 is 6.72. The van der Waals surface area contributed by atoms with Gasteiger partial charge in [0, 0.05) is 6.54 Å². The fourth-order valence-corrected chi connectivity index (χ4v) is 4.04. The molecule has 0 saturated carbocycles. The highest BCUT2D eigenvalue weighted by molar-refractivity contribution is 8.18. The summed E-state index contributed by atoms with van der Waals surface area (Å²) in [5.74, 6) is -0.343. The van der Waals surface area contributed by atoms with Crippen molar-refractivity contribution >= 4 is 34.7 Å². The van der Waals surface area contributed by atoms with E-state index in [-0.39, 0.29) is 17.8 Å². The molecule has 2 heterocycles. The molecule has 1 aromatic carbocycles. The molecule has 3 rings (SSSR count). The molecule has 0 fully saturated rings. The molecule has 1 unspecified atom stereocenters. The second-order valence-electron chi connectivity index (χ2n) is 6.01. The van der Waals surface area contributed by atoms with Gasteiger partial charge in [-0.25, -0.2) is 4.79 Å². The Morgan fingerprint density at radius 3 is 2.81 bits per heavy atom. The van der Waals surface area contributed by atoms with Gasteiger partial charge in [-0.05, 0) is 35.9 Å². The fraction of sp³-hybridized carbons (Fsp3) is 0.333. The standard InChI is InChI=1S/C18H19N3O4S/c1-20-16(23)12-10-14(26-17(12)21(2)18(20)24)15(22)19-9-8-11-6-4-5-7-13(11)25-3/h4-7,10,12H,8-9H2,1-3H3/p+1. The van der Waals surface area contributed by atoms with E-state index in [9.17, 15) is 14.4 Å². The van der Waals surface area contributed by atoms with Gasteiger partial charge < -0.3 is 10.1 Å². The summed E-state index contributed by atoms with van der Waals surface area (Å²) in [5, 5.41) is 3.44. The lowest BCUT2D eigenvalue weighted by Crippen LogP contribution is -2.49. The lowest BCUT2D eigenvalue weighted by molar-refractivity contribution is -0.403. The molecule has 0 bridgehead atoms. The van der Waals surface area contributed by atoms with Gasteiger partial charge in [0.05, 0.1) is 26.1 Å². The van der Waals surface area contributed by atoms with Gasteiger partial charge in [0.1, 0.15) is 11.7 Å². The lowest BCUT2D eigenvalue weighted by atomic mass is 10.1. The predicted molar refractivity (Wildman–Crippen MR) is 98.2 cm³/mol. The molecule has 0 saturated heterocycles. The second-order valence-corrected chi connectivity index (χ2v) is 7.07. The van der Waals surface area contributed by atoms with Crippen molar-refractivity contribution in [1.29, 1.82) is 0 Å². The Kier molecular flexibility index (Phi) is 5.13. The molecule has 1 atom stereocenters. The number of nitrogens with one attached hydrogen (secondary N) is 1. The first-order valence-electron chi connectivity index (χ1n) is 8.16. The predicted octanol–water partition coefficient (Wildman–Crippen LogP) is 1.23. The summed E-state index contributed by atoms with van der Waals surface area (Å²) in [6.07, 6.45) is 2.26. The molecule has 2 aliphatic heterocycles. The van der Waals surface area contributed by atoms with E-state index >= 15 is 0 Å². The number of amides is 4. The van der Waals surface area contributed by atoms with E-state index in [0.29, 0.717) is 22.9 Å². The number of fused-ring (bicyclic) bond motifs is 1. The molecular weight excluding hydrogens is 354 g/mol. The van der Waals surface area contributed by atoms with Crippen LogP contribution in [0.3, 0.4) is 0 Å². The van der Waals surface area contributed by atoms with E-state index in [4.69, 9.17) is 4.74 Å². The number of hydrogen-bond donors (Lipinski definition) is 1. The van der Waals surface area contributed by atoms with Crippen molar-refractivity contribution in [3.63, 3.8) is 0 Å². The molecule has 2 aliphatic rings. The van der Waals surface area contributed by atoms with E-state index in [1.807, 2.05) is 24.3 Å². The number of para-hydroxylation sites is 1. The van der Waals surface area contributed by atoms with Gasteiger partial charge in [-0.1, -0.05) is 18.2 Å². The Morgan fingerprint density at radius 2 is 2.08 bits per heavy atom. The second kappa shape index (κ2) is 7.33. The third kappa shape index (κ3) is 3.24. The third-order valence-electron chi connectivity index (χ3n) is 4.40. The molecule has 4 amide bonds. The first kappa shape index (κ1) is 18.2. The van der Waals surface area contributed by atoms with E-state index < -0.39 is 5.92 Å². The largest absolute Gasteiger partial charge is 0.500 e. The average Bonchev–Trinajstić information content (AvgIpc) is 3.10. The maximum Gasteiger partial charge on any atom is 0.500 e. The van der Waals surface area contributed by atoms with Crippen molar-refractivity contribution in [2.75, 3.05) is 27.7 Å². The number of carbonyl (C=O) groups excluding carboxylic acids is 3. The quantitative estimate of drug-likeness (QED) is 0.785. The highest BCUT2D eigenvalue weighted by Gasteiger charge is 2.48. The molecule has 0 aliphatic carbocycles. The van der Waals surface area contributed by atoms with Gasteiger partial charge in [-0.3, -0.25) is 4.79 Å². The molecular formula is C18H20N3O4S+. The summed E-state index contributed by atoms with van der Waals surface area (Å²) in [4.78, 5) is 38.2. The topological polar surface area (TPSA) is 78.7 Å². The molecule has 136 valence electrons. The Bertz CT molecular complexity index is 847. The van der Waals surface area contributed by atoms with Gasteiger partial charge in [0.25, 0.3) is 5.91 Å². The number of hydrogen-bond acceptors (Lipinski definition) is 5. The zero-order chi connectivity index (χ0) is 18.8. The molecule has 0 aromatic heterocycles. The van der Waals surface area contributed by atoms with Gasteiger partial charge >= 0.3 is 11.9 Å². The number of nitrogens with zero attached hydrogens (tertiary/aromatic N) is 2. The molecule has 1 aromatic rings. The Hall–Kier alpha value is -2.61. The van der Waals surface area contributed by atoms with Gasteiger partial charge in [-0.15, -0.1) is 0 Å². The molecule has 0 radical (unpaired) electrons. The maximum absolute atomic E-state index is 12.4. The van der Waals surface area contributed by atoms with Crippen LogP contribution in [0, 0.1) is 5.92 Å². The number of carbonyl (C=O) groups is 3. The van der Waals surface area contributed by atoms with Crippen LogP contribution in [0.25, 0.3) is 0 Å². The summed E-state index contributed by atoms with van der Waals surface area (Å²) >= 11 is 1.17. The summed E-state index contributed by atoms with van der Waals surface area (Å²) in [7, 11) is 4.67. The minimum absolute atomic E-state index is 0.247. The molecule has 8 heteroatoms. The van der Waals surface area contributed by atoms with Crippen molar-refractivity contribution in [2.45, 2.75) is 6.42 Å². The smallest absolute Gasteiger partial charge is 0.496 e. The fourth-order valence-electron chi connectivity index (χ4n) is 2.94. The number of ether oxygens (including phenoxy) is 1. The van der Waals surface area contributed by atoms with Crippen LogP contribution >= 0.6 is 11.8 Å². The van der Waals surface area contributed by atoms with Crippen LogP contribution in [-0.2, 0) is 16.0 Å². The van der Waals surface area contributed by atoms with Crippen molar-refractivity contribution < 1.29 is 23.7 Å². The van der Waals surface area contributed by atoms with Crippen LogP contribution in [0.2, 0.25) is 0 Å². The van der Waals surface area contributed by atoms with Crippen LogP contribution < -0.4 is 10.1 Å². The van der Waals surface area contributed by atoms with Gasteiger partial charge in [0.2, 0.25) is 0 Å². The normalized spacial score (nSPS) is 19.4. The highest BCUT2D eigenvalue weighted by atomic mass is 32.2. The highest BCUT2D eigenvalue weighted by Crippen LogP contribution is 2.35. The number of urea groups is 1. The summed E-state index contributed by atoms with van der Waals surface area (Å²) in [6, 6.07) is 7.26. The first-order chi connectivity index (χ1) is 12.4. The summed E-state index contributed by atoms with van der Waals surface area (Å²) in [6.45, 7) is 0.444.